The van der Waals surface area contributed by atoms with Gasteiger partial charge >= 0.3 is 5.97 Å². The average molecular weight is 254 g/mol. The first kappa shape index (κ1) is 13.8. The van der Waals surface area contributed by atoms with Crippen molar-refractivity contribution in [3.05, 3.63) is 18.0 Å². The van der Waals surface area contributed by atoms with Crippen LogP contribution in [0.4, 0.5) is 0 Å². The molecule has 0 aromatic carbocycles. The van der Waals surface area contributed by atoms with Gasteiger partial charge in [-0.1, -0.05) is 0 Å². The van der Waals surface area contributed by atoms with Crippen molar-refractivity contribution in [3.8, 4) is 11.5 Å². The molecule has 0 aliphatic rings. The summed E-state index contributed by atoms with van der Waals surface area (Å²) in [5.41, 5.74) is -0.273. The van der Waals surface area contributed by atoms with Crippen LogP contribution in [0.3, 0.4) is 0 Å². The van der Waals surface area contributed by atoms with Crippen LogP contribution in [0.2, 0.25) is 0 Å². The van der Waals surface area contributed by atoms with Gasteiger partial charge < -0.3 is 20.3 Å². The van der Waals surface area contributed by atoms with E-state index >= 15 is 0 Å². The summed E-state index contributed by atoms with van der Waals surface area (Å²) < 4.78 is 4.81. The molecular formula is C11H14N2O5. The summed E-state index contributed by atoms with van der Waals surface area (Å²) in [5.74, 6) is -2.04. The highest BCUT2D eigenvalue weighted by molar-refractivity contribution is 5.96. The lowest BCUT2D eigenvalue weighted by Crippen LogP contribution is -2.32. The number of ether oxygens (including phenoxy) is 1. The predicted octanol–water partition coefficient (Wildman–Crippen LogP) is 0.174. The van der Waals surface area contributed by atoms with Crippen molar-refractivity contribution < 1.29 is 24.5 Å². The number of aromatic nitrogens is 1. The molecule has 1 rings (SSSR count). The SMILES string of the molecule is CC(C)OC(=O)CNC(=O)c1ncc(O)cc1O. The lowest BCUT2D eigenvalue weighted by atomic mass is 10.3. The molecule has 0 atom stereocenters. The molecule has 98 valence electrons. The maximum absolute atomic E-state index is 11.5. The fraction of sp³-hybridized carbons (Fsp3) is 0.364. The Hall–Kier alpha value is -2.31. The van der Waals surface area contributed by atoms with Crippen LogP contribution in [-0.2, 0) is 9.53 Å². The van der Waals surface area contributed by atoms with E-state index < -0.39 is 17.6 Å². The van der Waals surface area contributed by atoms with Crippen LogP contribution in [-0.4, -0.2) is 39.7 Å². The summed E-state index contributed by atoms with van der Waals surface area (Å²) >= 11 is 0. The second-order valence-electron chi connectivity index (χ2n) is 3.78. The van der Waals surface area contributed by atoms with E-state index in [0.29, 0.717) is 0 Å². The van der Waals surface area contributed by atoms with Gasteiger partial charge in [0.25, 0.3) is 5.91 Å². The molecule has 1 aromatic rings. The molecule has 0 unspecified atom stereocenters. The molecular weight excluding hydrogens is 240 g/mol. The first-order valence-corrected chi connectivity index (χ1v) is 5.25. The number of hydrogen-bond donors (Lipinski definition) is 3. The highest BCUT2D eigenvalue weighted by Gasteiger charge is 2.15. The minimum absolute atomic E-state index is 0.261. The third kappa shape index (κ3) is 3.93. The van der Waals surface area contributed by atoms with Crippen LogP contribution in [0.15, 0.2) is 12.3 Å². The van der Waals surface area contributed by atoms with Crippen molar-refractivity contribution >= 4 is 11.9 Å². The molecule has 0 aliphatic carbocycles. The van der Waals surface area contributed by atoms with Crippen LogP contribution in [0.1, 0.15) is 24.3 Å². The summed E-state index contributed by atoms with van der Waals surface area (Å²) in [7, 11) is 0. The van der Waals surface area contributed by atoms with Gasteiger partial charge in [0.15, 0.2) is 11.4 Å². The molecule has 0 saturated carbocycles. The van der Waals surface area contributed by atoms with Crippen molar-refractivity contribution in [2.75, 3.05) is 6.54 Å². The Bertz CT molecular complexity index is 459. The second kappa shape index (κ2) is 5.85. The van der Waals surface area contributed by atoms with Gasteiger partial charge in [0.1, 0.15) is 12.3 Å². The number of carbonyl (C=O) groups excluding carboxylic acids is 2. The summed E-state index contributed by atoms with van der Waals surface area (Å²) in [6.45, 7) is 3.05. The summed E-state index contributed by atoms with van der Waals surface area (Å²) in [6, 6.07) is 0.981. The average Bonchev–Trinajstić information content (AvgIpc) is 2.25. The lowest BCUT2D eigenvalue weighted by Gasteiger charge is -2.09. The van der Waals surface area contributed by atoms with Crippen LogP contribution in [0, 0.1) is 0 Å². The Labute approximate surface area is 103 Å². The van der Waals surface area contributed by atoms with E-state index in [2.05, 4.69) is 10.3 Å². The number of esters is 1. The van der Waals surface area contributed by atoms with Crippen LogP contribution >= 0.6 is 0 Å². The Morgan fingerprint density at radius 3 is 2.67 bits per heavy atom. The van der Waals surface area contributed by atoms with Crippen molar-refractivity contribution in [2.24, 2.45) is 0 Å². The van der Waals surface area contributed by atoms with Gasteiger partial charge in [-0.15, -0.1) is 0 Å². The minimum atomic E-state index is -0.729. The summed E-state index contributed by atoms with van der Waals surface area (Å²) in [4.78, 5) is 26.3. The number of pyridine rings is 1. The maximum atomic E-state index is 11.5. The fourth-order valence-electron chi connectivity index (χ4n) is 1.16. The van der Waals surface area contributed by atoms with Crippen molar-refractivity contribution in [1.29, 1.82) is 0 Å². The second-order valence-corrected chi connectivity index (χ2v) is 3.78. The zero-order valence-corrected chi connectivity index (χ0v) is 10.0. The molecule has 3 N–H and O–H groups in total. The minimum Gasteiger partial charge on any atom is -0.506 e. The van der Waals surface area contributed by atoms with E-state index in [0.717, 1.165) is 12.3 Å². The molecule has 0 aliphatic heterocycles. The van der Waals surface area contributed by atoms with Gasteiger partial charge in [-0.2, -0.15) is 0 Å². The van der Waals surface area contributed by atoms with E-state index in [1.807, 2.05) is 0 Å². The standard InChI is InChI=1S/C11H14N2O5/c1-6(2)18-9(16)5-13-11(17)10-8(15)3-7(14)4-12-10/h3-4,6,14-15H,5H2,1-2H3,(H,13,17). The highest BCUT2D eigenvalue weighted by Crippen LogP contribution is 2.19. The van der Waals surface area contributed by atoms with Crippen molar-refractivity contribution in [1.82, 2.24) is 10.3 Å². The van der Waals surface area contributed by atoms with Crippen molar-refractivity contribution in [2.45, 2.75) is 20.0 Å². The molecule has 0 spiro atoms. The van der Waals surface area contributed by atoms with Gasteiger partial charge in [-0.3, -0.25) is 9.59 Å². The smallest absolute Gasteiger partial charge is 0.325 e. The third-order valence-electron chi connectivity index (χ3n) is 1.83. The van der Waals surface area contributed by atoms with E-state index in [-0.39, 0.29) is 24.1 Å². The van der Waals surface area contributed by atoms with Crippen molar-refractivity contribution in [3.63, 3.8) is 0 Å². The Morgan fingerprint density at radius 2 is 2.11 bits per heavy atom. The molecule has 1 aromatic heterocycles. The largest absolute Gasteiger partial charge is 0.506 e. The van der Waals surface area contributed by atoms with Gasteiger partial charge in [0.05, 0.1) is 12.3 Å². The topological polar surface area (TPSA) is 109 Å². The first-order chi connectivity index (χ1) is 8.40. The number of carbonyl (C=O) groups is 2. The Balaban J connectivity index is 2.58. The van der Waals surface area contributed by atoms with Crippen LogP contribution < -0.4 is 5.32 Å². The summed E-state index contributed by atoms with van der Waals surface area (Å²) in [6.07, 6.45) is 0.746. The highest BCUT2D eigenvalue weighted by atomic mass is 16.5. The maximum Gasteiger partial charge on any atom is 0.325 e. The number of aromatic hydroxyl groups is 2. The predicted molar refractivity (Wildman–Crippen MR) is 61.1 cm³/mol. The number of amides is 1. The van der Waals surface area contributed by atoms with E-state index in [1.54, 1.807) is 13.8 Å². The monoisotopic (exact) mass is 254 g/mol. The molecule has 7 nitrogen and oxygen atoms in total. The van der Waals surface area contributed by atoms with Gasteiger partial charge in [-0.05, 0) is 13.8 Å². The normalized spacial score (nSPS) is 10.2. The molecule has 0 fully saturated rings. The van der Waals surface area contributed by atoms with Crippen LogP contribution in [0.25, 0.3) is 0 Å². The van der Waals surface area contributed by atoms with Gasteiger partial charge in [0, 0.05) is 6.07 Å². The quantitative estimate of drug-likeness (QED) is 0.661. The van der Waals surface area contributed by atoms with Gasteiger partial charge in [-0.25, -0.2) is 4.98 Å². The Kier molecular flexibility index (Phi) is 4.47. The van der Waals surface area contributed by atoms with Crippen LogP contribution in [0.5, 0.6) is 11.5 Å². The van der Waals surface area contributed by atoms with Gasteiger partial charge in [0.2, 0.25) is 0 Å². The molecule has 7 heteroatoms. The molecule has 0 saturated heterocycles. The Morgan fingerprint density at radius 1 is 1.44 bits per heavy atom. The van der Waals surface area contributed by atoms with E-state index in [1.165, 1.54) is 0 Å². The molecule has 18 heavy (non-hydrogen) atoms. The summed E-state index contributed by atoms with van der Waals surface area (Å²) in [5, 5.41) is 20.6. The number of nitrogens with one attached hydrogen (secondary N) is 1. The number of nitrogens with zero attached hydrogens (tertiary/aromatic N) is 1. The molecule has 0 bridgehead atoms. The number of rotatable bonds is 4. The number of hydrogen-bond acceptors (Lipinski definition) is 6. The molecule has 0 radical (unpaired) electrons. The third-order valence-corrected chi connectivity index (χ3v) is 1.83. The zero-order chi connectivity index (χ0) is 13.7. The first-order valence-electron chi connectivity index (χ1n) is 5.25. The van der Waals surface area contributed by atoms with E-state index in [9.17, 15) is 14.7 Å². The molecule has 1 heterocycles. The van der Waals surface area contributed by atoms with E-state index in [4.69, 9.17) is 9.84 Å². The lowest BCUT2D eigenvalue weighted by molar-refractivity contribution is -0.146. The zero-order valence-electron chi connectivity index (χ0n) is 10.0. The fourth-order valence-corrected chi connectivity index (χ4v) is 1.16. The molecule has 1 amide bonds.